The number of hydrogen-bond donors (Lipinski definition) is 0. The van der Waals surface area contributed by atoms with E-state index in [0.717, 1.165) is 5.69 Å². The van der Waals surface area contributed by atoms with Crippen molar-refractivity contribution in [3.8, 4) is 0 Å². The Morgan fingerprint density at radius 3 is 2.65 bits per heavy atom. The molecule has 0 saturated carbocycles. The van der Waals surface area contributed by atoms with Crippen molar-refractivity contribution in [3.63, 3.8) is 0 Å². The van der Waals surface area contributed by atoms with E-state index in [2.05, 4.69) is 4.98 Å². The van der Waals surface area contributed by atoms with Gasteiger partial charge in [0.1, 0.15) is 0 Å². The monoisotopic (exact) mass is 298 g/mol. The fourth-order valence-corrected chi connectivity index (χ4v) is 2.99. The molecule has 6 heteroatoms. The summed E-state index contributed by atoms with van der Waals surface area (Å²) >= 11 is 0. The topological polar surface area (TPSA) is 67.3 Å². The highest BCUT2D eigenvalue weighted by molar-refractivity contribution is 7.91. The van der Waals surface area contributed by atoms with Gasteiger partial charge in [-0.2, -0.15) is 0 Å². The maximum atomic E-state index is 12.0. The highest BCUT2D eigenvalue weighted by Gasteiger charge is 2.21. The molecule has 112 valence electrons. The van der Waals surface area contributed by atoms with E-state index in [0.29, 0.717) is 12.8 Å². The van der Waals surface area contributed by atoms with E-state index in [-0.39, 0.29) is 23.5 Å². The summed E-state index contributed by atoms with van der Waals surface area (Å²) in [4.78, 5) is 17.7. The van der Waals surface area contributed by atoms with Crippen molar-refractivity contribution in [3.05, 3.63) is 30.1 Å². The molecule has 20 heavy (non-hydrogen) atoms. The Bertz CT molecular complexity index is 529. The Hall–Kier alpha value is -1.43. The molecule has 0 radical (unpaired) electrons. The molecule has 1 heterocycles. The van der Waals surface area contributed by atoms with E-state index >= 15 is 0 Å². The lowest BCUT2D eigenvalue weighted by molar-refractivity contribution is -0.131. The van der Waals surface area contributed by atoms with Gasteiger partial charge in [-0.05, 0) is 25.5 Å². The summed E-state index contributed by atoms with van der Waals surface area (Å²) < 4.78 is 23.1. The molecule has 0 aromatic carbocycles. The van der Waals surface area contributed by atoms with Crippen molar-refractivity contribution >= 4 is 15.7 Å². The van der Waals surface area contributed by atoms with Crippen LogP contribution < -0.4 is 0 Å². The molecule has 0 N–H and O–H groups in total. The predicted octanol–water partition coefficient (Wildman–Crippen LogP) is 1.30. The summed E-state index contributed by atoms with van der Waals surface area (Å²) in [7, 11) is -1.42. The first-order valence-corrected chi connectivity index (χ1v) is 8.54. The third kappa shape index (κ3) is 5.28. The SMILES string of the molecule is CCS(=O)(=O)CC(C)N(C)C(=O)CCc1ccccn1. The molecule has 0 aliphatic carbocycles. The molecule has 0 spiro atoms. The Labute approximate surface area is 120 Å². The van der Waals surface area contributed by atoms with Gasteiger partial charge in [0.05, 0.1) is 5.75 Å². The number of amides is 1. The van der Waals surface area contributed by atoms with E-state index < -0.39 is 9.84 Å². The number of rotatable bonds is 7. The van der Waals surface area contributed by atoms with Crippen molar-refractivity contribution in [2.24, 2.45) is 0 Å². The van der Waals surface area contributed by atoms with Crippen molar-refractivity contribution in [2.45, 2.75) is 32.7 Å². The Morgan fingerprint density at radius 1 is 1.40 bits per heavy atom. The highest BCUT2D eigenvalue weighted by Crippen LogP contribution is 2.06. The molecule has 1 rings (SSSR count). The van der Waals surface area contributed by atoms with Crippen LogP contribution in [-0.4, -0.2) is 48.8 Å². The minimum Gasteiger partial charge on any atom is -0.342 e. The highest BCUT2D eigenvalue weighted by atomic mass is 32.2. The molecule has 1 unspecified atom stereocenters. The number of aryl methyl sites for hydroxylation is 1. The maximum Gasteiger partial charge on any atom is 0.222 e. The lowest BCUT2D eigenvalue weighted by atomic mass is 10.2. The molecule has 0 aliphatic rings. The third-order valence-electron chi connectivity index (χ3n) is 3.31. The summed E-state index contributed by atoms with van der Waals surface area (Å²) in [5.41, 5.74) is 0.864. The lowest BCUT2D eigenvalue weighted by Gasteiger charge is -2.24. The van der Waals surface area contributed by atoms with Crippen molar-refractivity contribution < 1.29 is 13.2 Å². The second-order valence-electron chi connectivity index (χ2n) is 4.87. The fourth-order valence-electron chi connectivity index (χ4n) is 1.80. The standard InChI is InChI=1S/C14H22N2O3S/c1-4-20(18,19)11-12(2)16(3)14(17)9-8-13-7-5-6-10-15-13/h5-7,10,12H,4,8-9,11H2,1-3H3. The molecule has 0 aliphatic heterocycles. The molecule has 0 saturated heterocycles. The number of hydrogen-bond acceptors (Lipinski definition) is 4. The van der Waals surface area contributed by atoms with Crippen LogP contribution in [0.5, 0.6) is 0 Å². The van der Waals surface area contributed by atoms with Crippen molar-refractivity contribution in [1.82, 2.24) is 9.88 Å². The molecule has 5 nitrogen and oxygen atoms in total. The second-order valence-corrected chi connectivity index (χ2v) is 7.27. The quantitative estimate of drug-likeness (QED) is 0.761. The van der Waals surface area contributed by atoms with Gasteiger partial charge in [0, 0.05) is 37.2 Å². The Kier molecular flexibility index (Phi) is 6.13. The van der Waals surface area contributed by atoms with Gasteiger partial charge >= 0.3 is 0 Å². The molecule has 1 atom stereocenters. The molecule has 1 aromatic heterocycles. The molecule has 1 amide bonds. The smallest absolute Gasteiger partial charge is 0.222 e. The second kappa shape index (κ2) is 7.38. The number of aromatic nitrogens is 1. The molecular formula is C14H22N2O3S. The summed E-state index contributed by atoms with van der Waals surface area (Å²) in [6.45, 7) is 3.37. The summed E-state index contributed by atoms with van der Waals surface area (Å²) in [6, 6.07) is 5.27. The first-order chi connectivity index (χ1) is 9.35. The summed E-state index contributed by atoms with van der Waals surface area (Å²) in [5.74, 6) is 0.0530. The average molecular weight is 298 g/mol. The largest absolute Gasteiger partial charge is 0.342 e. The number of sulfone groups is 1. The molecule has 1 aromatic rings. The Morgan fingerprint density at radius 2 is 2.10 bits per heavy atom. The van der Waals surface area contributed by atoms with Gasteiger partial charge in [0.15, 0.2) is 9.84 Å². The normalized spacial score (nSPS) is 12.9. The van der Waals surface area contributed by atoms with Crippen LogP contribution in [0.4, 0.5) is 0 Å². The molecular weight excluding hydrogens is 276 g/mol. The summed E-state index contributed by atoms with van der Waals surface area (Å²) in [6.07, 6.45) is 2.60. The van der Waals surface area contributed by atoms with Crippen LogP contribution in [0.25, 0.3) is 0 Å². The Balaban J connectivity index is 2.50. The minimum absolute atomic E-state index is 0.00925. The van der Waals surface area contributed by atoms with Gasteiger partial charge in [0.2, 0.25) is 5.91 Å². The van der Waals surface area contributed by atoms with Crippen LogP contribution in [0.3, 0.4) is 0 Å². The van der Waals surface area contributed by atoms with E-state index in [4.69, 9.17) is 0 Å². The lowest BCUT2D eigenvalue weighted by Crippen LogP contribution is -2.39. The van der Waals surface area contributed by atoms with E-state index in [1.165, 1.54) is 4.90 Å². The molecule has 0 fully saturated rings. The predicted molar refractivity (Wildman–Crippen MR) is 79.1 cm³/mol. The number of pyridine rings is 1. The van der Waals surface area contributed by atoms with Gasteiger partial charge in [-0.3, -0.25) is 9.78 Å². The van der Waals surface area contributed by atoms with Crippen LogP contribution in [0.1, 0.15) is 26.0 Å². The zero-order valence-corrected chi connectivity index (χ0v) is 13.1. The zero-order valence-electron chi connectivity index (χ0n) is 12.2. The van der Waals surface area contributed by atoms with E-state index in [9.17, 15) is 13.2 Å². The minimum atomic E-state index is -3.07. The number of nitrogens with zero attached hydrogens (tertiary/aromatic N) is 2. The van der Waals surface area contributed by atoms with Crippen LogP contribution in [-0.2, 0) is 21.1 Å². The van der Waals surface area contributed by atoms with Gasteiger partial charge < -0.3 is 4.90 Å². The van der Waals surface area contributed by atoms with Crippen molar-refractivity contribution in [1.29, 1.82) is 0 Å². The number of carbonyl (C=O) groups excluding carboxylic acids is 1. The van der Waals surface area contributed by atoms with E-state index in [1.54, 1.807) is 27.1 Å². The van der Waals surface area contributed by atoms with Gasteiger partial charge in [0.25, 0.3) is 0 Å². The first-order valence-electron chi connectivity index (χ1n) is 6.71. The zero-order chi connectivity index (χ0) is 15.2. The maximum absolute atomic E-state index is 12.0. The first kappa shape index (κ1) is 16.6. The number of carbonyl (C=O) groups is 1. The average Bonchev–Trinajstić information content (AvgIpc) is 2.44. The fraction of sp³-hybridized carbons (Fsp3) is 0.571. The van der Waals surface area contributed by atoms with E-state index in [1.807, 2.05) is 18.2 Å². The summed E-state index contributed by atoms with van der Waals surface area (Å²) in [5, 5.41) is 0. The van der Waals surface area contributed by atoms with Crippen LogP contribution >= 0.6 is 0 Å². The molecule has 0 bridgehead atoms. The van der Waals surface area contributed by atoms with Crippen LogP contribution in [0, 0.1) is 0 Å². The van der Waals surface area contributed by atoms with Gasteiger partial charge in [-0.1, -0.05) is 13.0 Å². The van der Waals surface area contributed by atoms with Crippen LogP contribution in [0.2, 0.25) is 0 Å². The van der Waals surface area contributed by atoms with Gasteiger partial charge in [-0.15, -0.1) is 0 Å². The van der Waals surface area contributed by atoms with Crippen LogP contribution in [0.15, 0.2) is 24.4 Å². The van der Waals surface area contributed by atoms with Crippen molar-refractivity contribution in [2.75, 3.05) is 18.6 Å². The third-order valence-corrected chi connectivity index (χ3v) is 5.18. The van der Waals surface area contributed by atoms with Gasteiger partial charge in [-0.25, -0.2) is 8.42 Å².